The highest BCUT2D eigenvalue weighted by molar-refractivity contribution is 6.04. The molecule has 0 aromatic carbocycles. The lowest BCUT2D eigenvalue weighted by Crippen LogP contribution is -2.40. The van der Waals surface area contributed by atoms with E-state index in [0.717, 1.165) is 25.9 Å². The zero-order valence-electron chi connectivity index (χ0n) is 12.3. The van der Waals surface area contributed by atoms with Gasteiger partial charge < -0.3 is 15.2 Å². The highest BCUT2D eigenvalue weighted by atomic mass is 16.2. The second kappa shape index (κ2) is 6.07. The Balaban J connectivity index is 2.14. The maximum atomic E-state index is 12.5. The Kier molecular flexibility index (Phi) is 4.42. The third kappa shape index (κ3) is 3.18. The Hall–Kier alpha value is -1.85. The highest BCUT2D eigenvalue weighted by Gasteiger charge is 2.27. The lowest BCUT2D eigenvalue weighted by molar-refractivity contribution is 0.0672. The molecule has 1 fully saturated rings. The first-order valence-electron chi connectivity index (χ1n) is 7.12. The van der Waals surface area contributed by atoms with Crippen LogP contribution in [-0.2, 0) is 0 Å². The molecule has 1 aliphatic heterocycles. The molecule has 1 aliphatic rings. The number of nitrogens with one attached hydrogen (secondary N) is 2. The first kappa shape index (κ1) is 14.6. The second-order valence-corrected chi connectivity index (χ2v) is 5.75. The third-order valence-corrected chi connectivity index (χ3v) is 3.43. The van der Waals surface area contributed by atoms with Crippen LogP contribution in [0.3, 0.4) is 0 Å². The van der Waals surface area contributed by atoms with Gasteiger partial charge >= 0.3 is 0 Å². The fourth-order valence-corrected chi connectivity index (χ4v) is 2.49. The van der Waals surface area contributed by atoms with Crippen molar-refractivity contribution in [2.24, 2.45) is 5.92 Å². The summed E-state index contributed by atoms with van der Waals surface area (Å²) >= 11 is 0. The molecular weight excluding hydrogens is 256 g/mol. The van der Waals surface area contributed by atoms with Gasteiger partial charge in [0.15, 0.2) is 5.69 Å². The van der Waals surface area contributed by atoms with Crippen molar-refractivity contribution < 1.29 is 9.59 Å². The second-order valence-electron chi connectivity index (χ2n) is 5.75. The van der Waals surface area contributed by atoms with Gasteiger partial charge in [-0.05, 0) is 32.6 Å². The van der Waals surface area contributed by atoms with Crippen molar-refractivity contribution in [3.63, 3.8) is 0 Å². The van der Waals surface area contributed by atoms with Crippen molar-refractivity contribution in [1.82, 2.24) is 20.2 Å². The standard InChI is InChI=1S/C14H22N4O2/c1-9(2)17-13(19)11-12(16-8-15-11)14(20)18-6-4-5-10(3)7-18/h8-10H,4-7H2,1-3H3,(H,15,16)(H,17,19)/t10-/m0/s1. The largest absolute Gasteiger partial charge is 0.348 e. The summed E-state index contributed by atoms with van der Waals surface area (Å²) in [6.07, 6.45) is 3.55. The zero-order chi connectivity index (χ0) is 14.7. The summed E-state index contributed by atoms with van der Waals surface area (Å²) in [6, 6.07) is 0.0113. The molecule has 1 atom stereocenters. The molecule has 6 nitrogen and oxygen atoms in total. The van der Waals surface area contributed by atoms with E-state index in [2.05, 4.69) is 22.2 Å². The number of amides is 2. The van der Waals surface area contributed by atoms with Crippen molar-refractivity contribution in [2.45, 2.75) is 39.7 Å². The first-order valence-corrected chi connectivity index (χ1v) is 7.12. The van der Waals surface area contributed by atoms with Gasteiger partial charge in [0.1, 0.15) is 5.69 Å². The number of carbonyl (C=O) groups excluding carboxylic acids is 2. The molecular formula is C14H22N4O2. The maximum Gasteiger partial charge on any atom is 0.272 e. The topological polar surface area (TPSA) is 78.1 Å². The molecule has 0 unspecified atom stereocenters. The van der Waals surface area contributed by atoms with Crippen molar-refractivity contribution in [3.8, 4) is 0 Å². The van der Waals surface area contributed by atoms with Gasteiger partial charge in [0, 0.05) is 19.1 Å². The fraction of sp³-hybridized carbons (Fsp3) is 0.643. The molecule has 1 aromatic rings. The van der Waals surface area contributed by atoms with Gasteiger partial charge in [0.05, 0.1) is 6.33 Å². The van der Waals surface area contributed by atoms with E-state index in [0.29, 0.717) is 5.92 Å². The zero-order valence-corrected chi connectivity index (χ0v) is 12.3. The molecule has 0 spiro atoms. The number of H-pyrrole nitrogens is 1. The molecule has 2 heterocycles. The summed E-state index contributed by atoms with van der Waals surface area (Å²) in [6.45, 7) is 7.37. The summed E-state index contributed by atoms with van der Waals surface area (Å²) in [7, 11) is 0. The van der Waals surface area contributed by atoms with Crippen molar-refractivity contribution in [1.29, 1.82) is 0 Å². The summed E-state index contributed by atoms with van der Waals surface area (Å²) in [5.74, 6) is 0.0566. The van der Waals surface area contributed by atoms with Gasteiger partial charge in [-0.1, -0.05) is 6.92 Å². The average Bonchev–Trinajstić information content (AvgIpc) is 2.86. The van der Waals surface area contributed by atoms with Crippen LogP contribution >= 0.6 is 0 Å². The monoisotopic (exact) mass is 278 g/mol. The molecule has 110 valence electrons. The summed E-state index contributed by atoms with van der Waals surface area (Å²) in [5.41, 5.74) is 0.471. The van der Waals surface area contributed by atoms with Crippen molar-refractivity contribution in [3.05, 3.63) is 17.7 Å². The molecule has 0 aliphatic carbocycles. The summed E-state index contributed by atoms with van der Waals surface area (Å²) in [5, 5.41) is 2.76. The number of imidazole rings is 1. The van der Waals surface area contributed by atoms with Crippen LogP contribution in [0.2, 0.25) is 0 Å². The summed E-state index contributed by atoms with van der Waals surface area (Å²) < 4.78 is 0. The minimum atomic E-state index is -0.311. The molecule has 1 aromatic heterocycles. The van der Waals surface area contributed by atoms with E-state index in [4.69, 9.17) is 0 Å². The number of hydrogen-bond acceptors (Lipinski definition) is 3. The van der Waals surface area contributed by atoms with Crippen LogP contribution in [0.5, 0.6) is 0 Å². The van der Waals surface area contributed by atoms with Crippen LogP contribution < -0.4 is 5.32 Å². The quantitative estimate of drug-likeness (QED) is 0.877. The van der Waals surface area contributed by atoms with E-state index in [1.54, 1.807) is 4.90 Å². The van der Waals surface area contributed by atoms with Gasteiger partial charge in [0.25, 0.3) is 11.8 Å². The van der Waals surface area contributed by atoms with Crippen LogP contribution in [0.4, 0.5) is 0 Å². The van der Waals surface area contributed by atoms with Gasteiger partial charge in [-0.2, -0.15) is 0 Å². The molecule has 20 heavy (non-hydrogen) atoms. The molecule has 0 saturated carbocycles. The number of nitrogens with zero attached hydrogens (tertiary/aromatic N) is 2. The number of hydrogen-bond donors (Lipinski definition) is 2. The summed E-state index contributed by atoms with van der Waals surface area (Å²) in [4.78, 5) is 33.1. The number of aromatic nitrogens is 2. The fourth-order valence-electron chi connectivity index (χ4n) is 2.49. The van der Waals surface area contributed by atoms with Gasteiger partial charge in [0.2, 0.25) is 0 Å². The number of rotatable bonds is 3. The van der Waals surface area contributed by atoms with Gasteiger partial charge in [-0.25, -0.2) is 4.98 Å². The van der Waals surface area contributed by atoms with E-state index in [-0.39, 0.29) is 29.2 Å². The van der Waals surface area contributed by atoms with Crippen molar-refractivity contribution in [2.75, 3.05) is 13.1 Å². The maximum absolute atomic E-state index is 12.5. The Morgan fingerprint density at radius 1 is 1.50 bits per heavy atom. The van der Waals surface area contributed by atoms with E-state index in [1.165, 1.54) is 6.33 Å². The van der Waals surface area contributed by atoms with Crippen molar-refractivity contribution >= 4 is 11.8 Å². The molecule has 2 rings (SSSR count). The van der Waals surface area contributed by atoms with E-state index in [9.17, 15) is 9.59 Å². The van der Waals surface area contributed by atoms with Gasteiger partial charge in [-0.3, -0.25) is 9.59 Å². The minimum Gasteiger partial charge on any atom is -0.348 e. The number of carbonyl (C=O) groups is 2. The lowest BCUT2D eigenvalue weighted by atomic mass is 10.00. The predicted molar refractivity (Wildman–Crippen MR) is 75.5 cm³/mol. The van der Waals surface area contributed by atoms with Crippen LogP contribution in [-0.4, -0.2) is 45.8 Å². The Labute approximate surface area is 119 Å². The Morgan fingerprint density at radius 2 is 2.25 bits per heavy atom. The Morgan fingerprint density at radius 3 is 2.90 bits per heavy atom. The molecule has 2 amide bonds. The number of piperidine rings is 1. The Bertz CT molecular complexity index is 495. The number of likely N-dealkylation sites (tertiary alicyclic amines) is 1. The lowest BCUT2D eigenvalue weighted by Gasteiger charge is -2.30. The molecule has 6 heteroatoms. The van der Waals surface area contributed by atoms with Crippen LogP contribution in [0.1, 0.15) is 54.6 Å². The van der Waals surface area contributed by atoms with E-state index < -0.39 is 0 Å². The number of aromatic amines is 1. The first-order chi connectivity index (χ1) is 9.49. The van der Waals surface area contributed by atoms with E-state index >= 15 is 0 Å². The van der Waals surface area contributed by atoms with Gasteiger partial charge in [-0.15, -0.1) is 0 Å². The molecule has 0 radical (unpaired) electrons. The van der Waals surface area contributed by atoms with Crippen LogP contribution in [0.15, 0.2) is 6.33 Å². The molecule has 2 N–H and O–H groups in total. The molecule has 0 bridgehead atoms. The molecule has 1 saturated heterocycles. The van der Waals surface area contributed by atoms with Crippen LogP contribution in [0.25, 0.3) is 0 Å². The SMILES string of the molecule is CC(C)NC(=O)c1nc[nH]c1C(=O)N1CCC[C@H](C)C1. The smallest absolute Gasteiger partial charge is 0.272 e. The highest BCUT2D eigenvalue weighted by Crippen LogP contribution is 2.18. The third-order valence-electron chi connectivity index (χ3n) is 3.43. The average molecular weight is 278 g/mol. The van der Waals surface area contributed by atoms with Crippen LogP contribution in [0, 0.1) is 5.92 Å². The van der Waals surface area contributed by atoms with E-state index in [1.807, 2.05) is 13.8 Å². The predicted octanol–water partition coefficient (Wildman–Crippen LogP) is 1.42. The normalized spacial score (nSPS) is 19.2. The minimum absolute atomic E-state index is 0.0113.